The summed E-state index contributed by atoms with van der Waals surface area (Å²) in [5.74, 6) is -1.73. The minimum Gasteiger partial charge on any atom is -0.503 e. The number of rotatable bonds is 5. The van der Waals surface area contributed by atoms with E-state index in [1.165, 1.54) is 18.1 Å². The smallest absolute Gasteiger partial charge is 0.296 e. The molecule has 5 aromatic rings. The van der Waals surface area contributed by atoms with Crippen LogP contribution in [0.4, 0.5) is 5.95 Å². The quantitative estimate of drug-likeness (QED) is 0.299. The van der Waals surface area contributed by atoms with E-state index in [-0.39, 0.29) is 17.3 Å². The molecule has 1 unspecified atom stereocenters. The van der Waals surface area contributed by atoms with Gasteiger partial charge in [-0.25, -0.2) is 4.98 Å². The van der Waals surface area contributed by atoms with Crippen molar-refractivity contribution in [1.82, 2.24) is 15.0 Å². The van der Waals surface area contributed by atoms with Crippen molar-refractivity contribution < 1.29 is 23.8 Å². The van der Waals surface area contributed by atoms with Crippen molar-refractivity contribution >= 4 is 51.2 Å². The SMILES string of the molecule is COc1cc(Cl)cc2cc(C(=O)C3=C(O)C(=O)N(c4nc5ccc(C)cc5[nH]4)C3c3ccccn3)oc12. The number of anilines is 1. The van der Waals surface area contributed by atoms with Gasteiger partial charge in [0.25, 0.3) is 5.91 Å². The van der Waals surface area contributed by atoms with Gasteiger partial charge in [-0.05, 0) is 48.9 Å². The first kappa shape index (κ1) is 22.8. The van der Waals surface area contributed by atoms with Crippen LogP contribution in [0.3, 0.4) is 0 Å². The molecule has 9 nitrogen and oxygen atoms in total. The number of hydrogen-bond donors (Lipinski definition) is 2. The number of methoxy groups -OCH3 is 1. The largest absolute Gasteiger partial charge is 0.503 e. The maximum absolute atomic E-state index is 13.8. The molecule has 0 saturated carbocycles. The van der Waals surface area contributed by atoms with Crippen molar-refractivity contribution in [3.05, 3.63) is 94.2 Å². The zero-order chi connectivity index (χ0) is 25.8. The molecule has 184 valence electrons. The Morgan fingerprint density at radius 3 is 2.78 bits per heavy atom. The number of aryl methyl sites for hydroxylation is 1. The van der Waals surface area contributed by atoms with Crippen molar-refractivity contribution in [3.8, 4) is 5.75 Å². The number of aromatic amines is 1. The highest BCUT2D eigenvalue weighted by atomic mass is 35.5. The summed E-state index contributed by atoms with van der Waals surface area (Å²) in [5.41, 5.74) is 2.87. The summed E-state index contributed by atoms with van der Waals surface area (Å²) in [6.45, 7) is 1.94. The lowest BCUT2D eigenvalue weighted by atomic mass is 9.98. The molecule has 0 aliphatic carbocycles. The van der Waals surface area contributed by atoms with Crippen LogP contribution in [0, 0.1) is 6.92 Å². The van der Waals surface area contributed by atoms with Crippen LogP contribution in [-0.4, -0.2) is 38.9 Å². The van der Waals surface area contributed by atoms with E-state index in [1.54, 1.807) is 36.5 Å². The molecule has 37 heavy (non-hydrogen) atoms. The van der Waals surface area contributed by atoms with E-state index in [9.17, 15) is 14.7 Å². The van der Waals surface area contributed by atoms with Gasteiger partial charge >= 0.3 is 0 Å². The molecule has 10 heteroatoms. The molecule has 0 bridgehead atoms. The highest BCUT2D eigenvalue weighted by molar-refractivity contribution is 6.31. The van der Waals surface area contributed by atoms with Crippen molar-refractivity contribution in [2.24, 2.45) is 0 Å². The van der Waals surface area contributed by atoms with Crippen molar-refractivity contribution in [3.63, 3.8) is 0 Å². The number of imidazole rings is 1. The molecule has 0 radical (unpaired) electrons. The Labute approximate surface area is 215 Å². The molecule has 0 fully saturated rings. The van der Waals surface area contributed by atoms with Gasteiger partial charge in [-0.3, -0.25) is 19.5 Å². The number of aliphatic hydroxyl groups excluding tert-OH is 1. The normalized spacial score (nSPS) is 15.8. The molecule has 6 rings (SSSR count). The summed E-state index contributed by atoms with van der Waals surface area (Å²) >= 11 is 6.17. The van der Waals surface area contributed by atoms with Crippen LogP contribution in [0.2, 0.25) is 5.02 Å². The van der Waals surface area contributed by atoms with Gasteiger partial charge < -0.3 is 19.2 Å². The predicted molar refractivity (Wildman–Crippen MR) is 137 cm³/mol. The number of Topliss-reactive ketones (excluding diaryl/α,β-unsaturated/α-hetero) is 1. The standard InChI is InChI=1S/C27H19ClN4O5/c1-13-6-7-16-18(9-13)31-27(30-16)32-22(17-5-3-4-8-29-17)21(24(34)26(32)35)23(33)19-11-14-10-15(28)12-20(36-2)25(14)37-19/h3-12,22,34H,1-2H3,(H,30,31). The highest BCUT2D eigenvalue weighted by Gasteiger charge is 2.47. The number of aromatic nitrogens is 3. The molecule has 3 aromatic heterocycles. The predicted octanol–water partition coefficient (Wildman–Crippen LogP) is 5.46. The zero-order valence-electron chi connectivity index (χ0n) is 19.7. The Bertz CT molecular complexity index is 1760. The molecule has 1 amide bonds. The molecule has 1 atom stereocenters. The number of amides is 1. The Balaban J connectivity index is 1.50. The Kier molecular flexibility index (Phi) is 5.24. The van der Waals surface area contributed by atoms with Crippen molar-refractivity contribution in [1.29, 1.82) is 0 Å². The molecule has 2 N–H and O–H groups in total. The summed E-state index contributed by atoms with van der Waals surface area (Å²) in [6, 6.07) is 14.4. The third-order valence-corrected chi connectivity index (χ3v) is 6.48. The molecular formula is C27H19ClN4O5. The first-order valence-corrected chi connectivity index (χ1v) is 11.7. The van der Waals surface area contributed by atoms with Gasteiger partial charge in [-0.15, -0.1) is 0 Å². The molecule has 1 aliphatic rings. The van der Waals surface area contributed by atoms with E-state index in [0.717, 1.165) is 5.56 Å². The van der Waals surface area contributed by atoms with Gasteiger partial charge in [0.1, 0.15) is 6.04 Å². The van der Waals surface area contributed by atoms with E-state index in [0.29, 0.717) is 38.5 Å². The number of aliphatic hydroxyl groups is 1. The Morgan fingerprint density at radius 1 is 1.19 bits per heavy atom. The monoisotopic (exact) mass is 514 g/mol. The van der Waals surface area contributed by atoms with E-state index in [4.69, 9.17) is 20.8 Å². The summed E-state index contributed by atoms with van der Waals surface area (Å²) in [6.07, 6.45) is 1.55. The number of ether oxygens (including phenoxy) is 1. The number of carbonyl (C=O) groups excluding carboxylic acids is 2. The van der Waals surface area contributed by atoms with E-state index in [1.807, 2.05) is 25.1 Å². The van der Waals surface area contributed by atoms with Crippen molar-refractivity contribution in [2.45, 2.75) is 13.0 Å². The summed E-state index contributed by atoms with van der Waals surface area (Å²) in [7, 11) is 1.46. The number of nitrogens with one attached hydrogen (secondary N) is 1. The maximum Gasteiger partial charge on any atom is 0.296 e. The number of furan rings is 1. The average molecular weight is 515 g/mol. The molecule has 0 spiro atoms. The van der Waals surface area contributed by atoms with Gasteiger partial charge in [0.2, 0.25) is 11.7 Å². The first-order chi connectivity index (χ1) is 17.9. The third-order valence-electron chi connectivity index (χ3n) is 6.26. The van der Waals surface area contributed by atoms with Crippen molar-refractivity contribution in [2.75, 3.05) is 12.0 Å². The molecular weight excluding hydrogens is 496 g/mol. The maximum atomic E-state index is 13.8. The minimum atomic E-state index is -1.05. The molecule has 4 heterocycles. The second kappa shape index (κ2) is 8.49. The number of ketones is 1. The number of benzene rings is 2. The van der Waals surface area contributed by atoms with Gasteiger partial charge in [-0.2, -0.15) is 0 Å². The van der Waals surface area contributed by atoms with Crippen LogP contribution in [0.25, 0.3) is 22.0 Å². The topological polar surface area (TPSA) is 122 Å². The van der Waals surface area contributed by atoms with Crippen LogP contribution in [0.15, 0.2) is 76.5 Å². The fourth-order valence-corrected chi connectivity index (χ4v) is 4.80. The number of nitrogens with zero attached hydrogens (tertiary/aromatic N) is 3. The Hall–Kier alpha value is -4.63. The van der Waals surface area contributed by atoms with Gasteiger partial charge in [0.15, 0.2) is 22.9 Å². The first-order valence-electron chi connectivity index (χ1n) is 11.3. The van der Waals surface area contributed by atoms with Gasteiger partial charge in [0.05, 0.1) is 29.4 Å². The average Bonchev–Trinajstić information content (AvgIpc) is 3.57. The Morgan fingerprint density at radius 2 is 2.03 bits per heavy atom. The number of fused-ring (bicyclic) bond motifs is 2. The fourth-order valence-electron chi connectivity index (χ4n) is 4.58. The van der Waals surface area contributed by atoms with Crippen LogP contribution in [0.5, 0.6) is 5.75 Å². The lowest BCUT2D eigenvalue weighted by molar-refractivity contribution is -0.117. The number of hydrogen-bond acceptors (Lipinski definition) is 7. The molecule has 0 saturated heterocycles. The zero-order valence-corrected chi connectivity index (χ0v) is 20.4. The summed E-state index contributed by atoms with van der Waals surface area (Å²) < 4.78 is 11.2. The van der Waals surface area contributed by atoms with Crippen LogP contribution >= 0.6 is 11.6 Å². The number of H-pyrrole nitrogens is 1. The molecule has 2 aromatic carbocycles. The van der Waals surface area contributed by atoms with Gasteiger partial charge in [-0.1, -0.05) is 23.7 Å². The second-order valence-electron chi connectivity index (χ2n) is 8.64. The lowest BCUT2D eigenvalue weighted by Crippen LogP contribution is -2.32. The van der Waals surface area contributed by atoms with Crippen LogP contribution in [-0.2, 0) is 4.79 Å². The van der Waals surface area contributed by atoms with Gasteiger partial charge in [0, 0.05) is 22.7 Å². The van der Waals surface area contributed by atoms with E-state index < -0.39 is 23.5 Å². The van der Waals surface area contributed by atoms with Crippen LogP contribution in [0.1, 0.15) is 27.9 Å². The molecule has 1 aliphatic heterocycles. The van der Waals surface area contributed by atoms with E-state index >= 15 is 0 Å². The third kappa shape index (κ3) is 3.63. The summed E-state index contributed by atoms with van der Waals surface area (Å²) in [5, 5.41) is 11.9. The second-order valence-corrected chi connectivity index (χ2v) is 9.08. The summed E-state index contributed by atoms with van der Waals surface area (Å²) in [4.78, 5) is 40.5. The fraction of sp³-hybridized carbons (Fsp3) is 0.111. The van der Waals surface area contributed by atoms with Crippen LogP contribution < -0.4 is 9.64 Å². The number of halogens is 1. The number of pyridine rings is 1. The lowest BCUT2D eigenvalue weighted by Gasteiger charge is -2.23. The van der Waals surface area contributed by atoms with E-state index in [2.05, 4.69) is 15.0 Å². The minimum absolute atomic E-state index is 0.0899. The number of carbonyl (C=O) groups is 2. The highest BCUT2D eigenvalue weighted by Crippen LogP contribution is 2.42.